The molecule has 2 aromatic rings. The topological polar surface area (TPSA) is 72.1 Å². The Hall–Kier alpha value is -2.50. The van der Waals surface area contributed by atoms with E-state index in [0.29, 0.717) is 12.4 Å². The Balaban J connectivity index is 1.75. The van der Waals surface area contributed by atoms with Crippen LogP contribution in [0.25, 0.3) is 0 Å². The highest BCUT2D eigenvalue weighted by atomic mass is 19.1. The highest BCUT2D eigenvalue weighted by Crippen LogP contribution is 2.30. The second kappa shape index (κ2) is 5.47. The number of anilines is 1. The monoisotopic (exact) mass is 286 g/mol. The summed E-state index contributed by atoms with van der Waals surface area (Å²) in [7, 11) is 0. The molecule has 3 rings (SSSR count). The minimum Gasteiger partial charge on any atom is -0.364 e. The van der Waals surface area contributed by atoms with Gasteiger partial charge in [-0.2, -0.15) is 0 Å². The fourth-order valence-electron chi connectivity index (χ4n) is 2.65. The van der Waals surface area contributed by atoms with Crippen LogP contribution in [-0.4, -0.2) is 29.2 Å². The standard InChI is InChI=1S/C15H15FN4O/c16-12-4-2-1-3-11(12)10-7-8-20(9-10)14-6-5-13(15(17)21)18-19-14/h1-6,10H,7-9H2,(H2,17,21). The van der Waals surface area contributed by atoms with Crippen molar-refractivity contribution in [1.29, 1.82) is 0 Å². The molecule has 108 valence electrons. The normalized spacial score (nSPS) is 18.0. The van der Waals surface area contributed by atoms with Crippen molar-refractivity contribution in [3.8, 4) is 0 Å². The molecule has 21 heavy (non-hydrogen) atoms. The van der Waals surface area contributed by atoms with Gasteiger partial charge in [-0.25, -0.2) is 4.39 Å². The first-order valence-electron chi connectivity index (χ1n) is 6.78. The maximum absolute atomic E-state index is 13.8. The van der Waals surface area contributed by atoms with Gasteiger partial charge < -0.3 is 10.6 Å². The molecule has 1 atom stereocenters. The predicted octanol–water partition coefficient (Wildman–Crippen LogP) is 1.71. The Kier molecular flexibility index (Phi) is 3.51. The van der Waals surface area contributed by atoms with E-state index >= 15 is 0 Å². The molecule has 0 radical (unpaired) electrons. The zero-order chi connectivity index (χ0) is 14.8. The molecule has 1 aromatic carbocycles. The number of carbonyl (C=O) groups is 1. The number of halogens is 1. The third kappa shape index (κ3) is 2.69. The maximum Gasteiger partial charge on any atom is 0.269 e. The summed E-state index contributed by atoms with van der Waals surface area (Å²) in [6.45, 7) is 1.47. The Bertz CT molecular complexity index is 659. The lowest BCUT2D eigenvalue weighted by atomic mass is 9.98. The van der Waals surface area contributed by atoms with Gasteiger partial charge in [-0.1, -0.05) is 18.2 Å². The summed E-state index contributed by atoms with van der Waals surface area (Å²) in [6.07, 6.45) is 0.861. The lowest BCUT2D eigenvalue weighted by Crippen LogP contribution is -2.22. The second-order valence-corrected chi connectivity index (χ2v) is 5.09. The number of nitrogens with zero attached hydrogens (tertiary/aromatic N) is 3. The van der Waals surface area contributed by atoms with Crippen molar-refractivity contribution in [2.75, 3.05) is 18.0 Å². The van der Waals surface area contributed by atoms with Crippen LogP contribution in [0.3, 0.4) is 0 Å². The van der Waals surface area contributed by atoms with Gasteiger partial charge in [0, 0.05) is 19.0 Å². The molecule has 2 heterocycles. The van der Waals surface area contributed by atoms with Gasteiger partial charge in [0.15, 0.2) is 11.5 Å². The Morgan fingerprint density at radius 1 is 1.24 bits per heavy atom. The van der Waals surface area contributed by atoms with Crippen LogP contribution in [0, 0.1) is 5.82 Å². The van der Waals surface area contributed by atoms with Gasteiger partial charge >= 0.3 is 0 Å². The van der Waals surface area contributed by atoms with Gasteiger partial charge in [0.1, 0.15) is 5.82 Å². The van der Waals surface area contributed by atoms with Crippen LogP contribution in [0.5, 0.6) is 0 Å². The van der Waals surface area contributed by atoms with Crippen LogP contribution in [0.15, 0.2) is 36.4 Å². The molecule has 0 saturated carbocycles. The molecular formula is C15H15FN4O. The van der Waals surface area contributed by atoms with E-state index in [1.165, 1.54) is 6.07 Å². The zero-order valence-corrected chi connectivity index (χ0v) is 11.4. The number of hydrogen-bond acceptors (Lipinski definition) is 4. The Morgan fingerprint density at radius 2 is 2.05 bits per heavy atom. The van der Waals surface area contributed by atoms with E-state index in [-0.39, 0.29) is 17.4 Å². The second-order valence-electron chi connectivity index (χ2n) is 5.09. The number of amides is 1. The first kappa shape index (κ1) is 13.5. The average molecular weight is 286 g/mol. The first-order chi connectivity index (χ1) is 10.1. The molecular weight excluding hydrogens is 271 g/mol. The highest BCUT2D eigenvalue weighted by Gasteiger charge is 2.26. The summed E-state index contributed by atoms with van der Waals surface area (Å²) in [6, 6.07) is 10.1. The Labute approximate surface area is 121 Å². The molecule has 1 fully saturated rings. The molecule has 0 bridgehead atoms. The van der Waals surface area contributed by atoms with E-state index in [2.05, 4.69) is 10.2 Å². The van der Waals surface area contributed by atoms with E-state index in [1.54, 1.807) is 18.2 Å². The van der Waals surface area contributed by atoms with E-state index in [1.807, 2.05) is 17.0 Å². The SMILES string of the molecule is NC(=O)c1ccc(N2CCC(c3ccccc3F)C2)nn1. The number of aromatic nitrogens is 2. The molecule has 0 aliphatic carbocycles. The fourth-order valence-corrected chi connectivity index (χ4v) is 2.65. The van der Waals surface area contributed by atoms with Crippen LogP contribution in [0.1, 0.15) is 28.4 Å². The lowest BCUT2D eigenvalue weighted by molar-refractivity contribution is 0.0994. The van der Waals surface area contributed by atoms with E-state index in [4.69, 9.17) is 5.73 Å². The van der Waals surface area contributed by atoms with Crippen LogP contribution in [0.4, 0.5) is 10.2 Å². The fraction of sp³-hybridized carbons (Fsp3) is 0.267. The van der Waals surface area contributed by atoms with Crippen molar-refractivity contribution in [1.82, 2.24) is 10.2 Å². The minimum atomic E-state index is -0.597. The van der Waals surface area contributed by atoms with Gasteiger partial charge in [0.05, 0.1) is 0 Å². The number of nitrogens with two attached hydrogens (primary N) is 1. The van der Waals surface area contributed by atoms with Crippen molar-refractivity contribution in [3.05, 3.63) is 53.5 Å². The summed E-state index contributed by atoms with van der Waals surface area (Å²) in [4.78, 5) is 13.0. The van der Waals surface area contributed by atoms with Crippen molar-refractivity contribution in [2.24, 2.45) is 5.73 Å². The summed E-state index contributed by atoms with van der Waals surface area (Å²) in [5.41, 5.74) is 6.02. The van der Waals surface area contributed by atoms with Crippen LogP contribution in [-0.2, 0) is 0 Å². The van der Waals surface area contributed by atoms with Crippen molar-refractivity contribution >= 4 is 11.7 Å². The third-order valence-corrected chi connectivity index (χ3v) is 3.76. The Morgan fingerprint density at radius 3 is 2.71 bits per heavy atom. The quantitative estimate of drug-likeness (QED) is 0.932. The van der Waals surface area contributed by atoms with Crippen molar-refractivity contribution < 1.29 is 9.18 Å². The minimum absolute atomic E-state index is 0.142. The number of carbonyl (C=O) groups excluding carboxylic acids is 1. The maximum atomic E-state index is 13.8. The van der Waals surface area contributed by atoms with Gasteiger partial charge in [0.2, 0.25) is 0 Å². The summed E-state index contributed by atoms with van der Waals surface area (Å²) in [5, 5.41) is 7.81. The molecule has 1 unspecified atom stereocenters. The molecule has 1 aliphatic rings. The molecule has 1 aromatic heterocycles. The third-order valence-electron chi connectivity index (χ3n) is 3.76. The molecule has 5 nitrogen and oxygen atoms in total. The number of benzene rings is 1. The van der Waals surface area contributed by atoms with E-state index < -0.39 is 5.91 Å². The molecule has 1 saturated heterocycles. The number of primary amides is 1. The van der Waals surface area contributed by atoms with Crippen molar-refractivity contribution in [3.63, 3.8) is 0 Å². The van der Waals surface area contributed by atoms with Gasteiger partial charge in [-0.3, -0.25) is 4.79 Å². The summed E-state index contributed by atoms with van der Waals surface area (Å²) in [5.74, 6) is 0.0573. The van der Waals surface area contributed by atoms with Gasteiger partial charge in [0.25, 0.3) is 5.91 Å². The summed E-state index contributed by atoms with van der Waals surface area (Å²) >= 11 is 0. The van der Waals surface area contributed by atoms with Gasteiger partial charge in [-0.05, 0) is 30.2 Å². The average Bonchev–Trinajstić information content (AvgIpc) is 2.97. The molecule has 6 heteroatoms. The largest absolute Gasteiger partial charge is 0.364 e. The highest BCUT2D eigenvalue weighted by molar-refractivity contribution is 5.90. The first-order valence-corrected chi connectivity index (χ1v) is 6.78. The predicted molar refractivity (Wildman–Crippen MR) is 76.5 cm³/mol. The number of hydrogen-bond donors (Lipinski definition) is 1. The molecule has 0 spiro atoms. The van der Waals surface area contributed by atoms with E-state index in [0.717, 1.165) is 18.5 Å². The number of rotatable bonds is 3. The molecule has 1 amide bonds. The van der Waals surface area contributed by atoms with Crippen LogP contribution >= 0.6 is 0 Å². The zero-order valence-electron chi connectivity index (χ0n) is 11.4. The smallest absolute Gasteiger partial charge is 0.269 e. The van der Waals surface area contributed by atoms with Crippen LogP contribution < -0.4 is 10.6 Å². The van der Waals surface area contributed by atoms with E-state index in [9.17, 15) is 9.18 Å². The van der Waals surface area contributed by atoms with Crippen molar-refractivity contribution in [2.45, 2.75) is 12.3 Å². The lowest BCUT2D eigenvalue weighted by Gasteiger charge is -2.17. The van der Waals surface area contributed by atoms with Gasteiger partial charge in [-0.15, -0.1) is 10.2 Å². The molecule has 2 N–H and O–H groups in total. The molecule has 1 aliphatic heterocycles. The van der Waals surface area contributed by atoms with Crippen LogP contribution in [0.2, 0.25) is 0 Å². The summed E-state index contributed by atoms with van der Waals surface area (Å²) < 4.78 is 13.8.